The van der Waals surface area contributed by atoms with Crippen LogP contribution in [0.2, 0.25) is 0 Å². The number of fused-ring (bicyclic) bond motifs is 1. The van der Waals surface area contributed by atoms with Crippen molar-refractivity contribution in [1.29, 1.82) is 0 Å². The van der Waals surface area contributed by atoms with E-state index in [0.29, 0.717) is 30.7 Å². The molecule has 0 aromatic carbocycles. The van der Waals surface area contributed by atoms with Crippen LogP contribution >= 0.6 is 0 Å². The Morgan fingerprint density at radius 1 is 1.18 bits per heavy atom. The zero-order chi connectivity index (χ0) is 11.9. The van der Waals surface area contributed by atoms with Crippen LogP contribution < -0.4 is 5.32 Å². The van der Waals surface area contributed by atoms with Gasteiger partial charge in [0.2, 0.25) is 5.92 Å². The van der Waals surface area contributed by atoms with Gasteiger partial charge < -0.3 is 5.32 Å². The number of hydrogen-bond donors (Lipinski definition) is 1. The number of nitrogens with one attached hydrogen (secondary N) is 1. The Morgan fingerprint density at radius 2 is 1.94 bits per heavy atom. The first kappa shape index (κ1) is 11.6. The van der Waals surface area contributed by atoms with Crippen LogP contribution in [0.15, 0.2) is 4.99 Å². The van der Waals surface area contributed by atoms with Crippen LogP contribution in [-0.2, 0) is 0 Å². The Hall–Kier alpha value is -0.510. The summed E-state index contributed by atoms with van der Waals surface area (Å²) in [7, 11) is 0. The van der Waals surface area contributed by atoms with Gasteiger partial charge in [0.15, 0.2) is 0 Å². The molecule has 0 bridgehead atoms. The lowest BCUT2D eigenvalue weighted by molar-refractivity contribution is -0.0395. The predicted molar refractivity (Wildman–Crippen MR) is 63.7 cm³/mol. The molecule has 3 aliphatic rings. The molecule has 2 aliphatic heterocycles. The molecule has 2 heterocycles. The van der Waals surface area contributed by atoms with E-state index in [1.807, 2.05) is 0 Å². The van der Waals surface area contributed by atoms with Crippen LogP contribution in [-0.4, -0.2) is 30.8 Å². The number of hydrogen-bond acceptors (Lipinski definition) is 2. The van der Waals surface area contributed by atoms with Crippen molar-refractivity contribution in [3.05, 3.63) is 0 Å². The van der Waals surface area contributed by atoms with Gasteiger partial charge in [-0.3, -0.25) is 4.99 Å². The summed E-state index contributed by atoms with van der Waals surface area (Å²) in [6, 6.07) is 0.480. The van der Waals surface area contributed by atoms with Gasteiger partial charge in [-0.15, -0.1) is 0 Å². The number of rotatable bonds is 1. The second-order valence-electron chi connectivity index (χ2n) is 5.78. The van der Waals surface area contributed by atoms with Gasteiger partial charge in [-0.1, -0.05) is 0 Å². The number of nitrogens with zero attached hydrogens (tertiary/aromatic N) is 1. The third kappa shape index (κ3) is 2.37. The lowest BCUT2D eigenvalue weighted by atomic mass is 9.81. The lowest BCUT2D eigenvalue weighted by Crippen LogP contribution is -2.37. The summed E-state index contributed by atoms with van der Waals surface area (Å²) < 4.78 is 26.2. The fourth-order valence-corrected chi connectivity index (χ4v) is 3.47. The van der Waals surface area contributed by atoms with Gasteiger partial charge in [-0.25, -0.2) is 8.78 Å². The highest BCUT2D eigenvalue weighted by atomic mass is 19.3. The zero-order valence-corrected chi connectivity index (χ0v) is 10.1. The van der Waals surface area contributed by atoms with Crippen molar-refractivity contribution in [1.82, 2.24) is 5.32 Å². The van der Waals surface area contributed by atoms with E-state index in [1.54, 1.807) is 0 Å². The maximum absolute atomic E-state index is 13.1. The molecule has 1 aliphatic carbocycles. The van der Waals surface area contributed by atoms with E-state index < -0.39 is 5.92 Å². The number of aliphatic imine (C=N–C) groups is 1. The molecule has 0 aromatic heterocycles. The van der Waals surface area contributed by atoms with E-state index in [0.717, 1.165) is 25.9 Å². The first-order chi connectivity index (χ1) is 8.14. The van der Waals surface area contributed by atoms with Gasteiger partial charge in [-0.05, 0) is 44.1 Å². The van der Waals surface area contributed by atoms with Crippen molar-refractivity contribution in [2.24, 2.45) is 16.8 Å². The molecule has 0 amide bonds. The van der Waals surface area contributed by atoms with Crippen LogP contribution in [0.4, 0.5) is 8.78 Å². The first-order valence-corrected chi connectivity index (χ1v) is 6.79. The van der Waals surface area contributed by atoms with E-state index >= 15 is 0 Å². The summed E-state index contributed by atoms with van der Waals surface area (Å²) in [5.74, 6) is -1.43. The Balaban J connectivity index is 1.62. The molecule has 2 atom stereocenters. The molecule has 4 heteroatoms. The number of piperidine rings is 1. The van der Waals surface area contributed by atoms with Crippen molar-refractivity contribution >= 4 is 5.71 Å². The molecule has 3 rings (SSSR count). The average Bonchev–Trinajstić information content (AvgIpc) is 2.72. The minimum atomic E-state index is -2.41. The fraction of sp³-hybridized carbons (Fsp3) is 0.923. The molecule has 96 valence electrons. The van der Waals surface area contributed by atoms with E-state index in [-0.39, 0.29) is 12.8 Å². The normalized spacial score (nSPS) is 37.6. The van der Waals surface area contributed by atoms with Crippen molar-refractivity contribution in [3.8, 4) is 0 Å². The van der Waals surface area contributed by atoms with Gasteiger partial charge >= 0.3 is 0 Å². The third-order valence-corrected chi connectivity index (χ3v) is 4.56. The minimum absolute atomic E-state index is 0.0598. The largest absolute Gasteiger partial charge is 0.316 e. The Kier molecular flexibility index (Phi) is 2.93. The molecule has 0 radical (unpaired) electrons. The molecule has 0 aromatic rings. The van der Waals surface area contributed by atoms with Crippen molar-refractivity contribution in [2.45, 2.75) is 50.5 Å². The molecule has 17 heavy (non-hydrogen) atoms. The highest BCUT2D eigenvalue weighted by Crippen LogP contribution is 2.39. The first-order valence-electron chi connectivity index (χ1n) is 6.79. The van der Waals surface area contributed by atoms with E-state index in [4.69, 9.17) is 4.99 Å². The number of alkyl halides is 2. The van der Waals surface area contributed by atoms with E-state index in [2.05, 4.69) is 5.32 Å². The fourth-order valence-electron chi connectivity index (χ4n) is 3.47. The smallest absolute Gasteiger partial charge is 0.248 e. The maximum Gasteiger partial charge on any atom is 0.248 e. The summed E-state index contributed by atoms with van der Waals surface area (Å²) in [4.78, 5) is 4.81. The molecular formula is C13H20F2N2. The maximum atomic E-state index is 13.1. The minimum Gasteiger partial charge on any atom is -0.316 e. The monoisotopic (exact) mass is 242 g/mol. The van der Waals surface area contributed by atoms with Gasteiger partial charge in [0.1, 0.15) is 0 Å². The SMILES string of the molecule is FC1(F)CCC(C2=NC3CCNCC3C2)CC1. The van der Waals surface area contributed by atoms with Crippen LogP contribution in [0.5, 0.6) is 0 Å². The molecule has 0 spiro atoms. The summed E-state index contributed by atoms with van der Waals surface area (Å²) in [5.41, 5.74) is 1.25. The van der Waals surface area contributed by atoms with Gasteiger partial charge in [0, 0.05) is 25.1 Å². The second-order valence-corrected chi connectivity index (χ2v) is 5.78. The van der Waals surface area contributed by atoms with Crippen molar-refractivity contribution in [2.75, 3.05) is 13.1 Å². The zero-order valence-electron chi connectivity index (χ0n) is 10.1. The summed E-state index contributed by atoms with van der Waals surface area (Å²) >= 11 is 0. The molecule has 1 saturated heterocycles. The molecule has 2 nitrogen and oxygen atoms in total. The third-order valence-electron chi connectivity index (χ3n) is 4.56. The van der Waals surface area contributed by atoms with Gasteiger partial charge in [-0.2, -0.15) is 0 Å². The second kappa shape index (κ2) is 4.30. The van der Waals surface area contributed by atoms with Crippen LogP contribution in [0, 0.1) is 11.8 Å². The summed E-state index contributed by atoms with van der Waals surface area (Å²) in [6.07, 6.45) is 3.57. The quantitative estimate of drug-likeness (QED) is 0.751. The topological polar surface area (TPSA) is 24.4 Å². The number of halogens is 2. The van der Waals surface area contributed by atoms with E-state index in [9.17, 15) is 8.78 Å². The molecule has 1 saturated carbocycles. The Morgan fingerprint density at radius 3 is 2.65 bits per heavy atom. The average molecular weight is 242 g/mol. The highest BCUT2D eigenvalue weighted by molar-refractivity contribution is 5.89. The standard InChI is InChI=1S/C13H20F2N2/c14-13(15)4-1-9(2-5-13)12-7-10-8-16-6-3-11(10)17-12/h9-11,16H,1-8H2. The summed E-state index contributed by atoms with van der Waals surface area (Å²) in [5, 5.41) is 3.40. The van der Waals surface area contributed by atoms with Crippen molar-refractivity contribution in [3.63, 3.8) is 0 Å². The predicted octanol–water partition coefficient (Wildman–Crippen LogP) is 2.63. The highest BCUT2D eigenvalue weighted by Gasteiger charge is 2.39. The molecule has 1 N–H and O–H groups in total. The van der Waals surface area contributed by atoms with Gasteiger partial charge in [0.05, 0.1) is 6.04 Å². The molecular weight excluding hydrogens is 222 g/mol. The Bertz CT molecular complexity index is 317. The van der Waals surface area contributed by atoms with Gasteiger partial charge in [0.25, 0.3) is 0 Å². The summed E-state index contributed by atoms with van der Waals surface area (Å²) in [6.45, 7) is 2.11. The Labute approximate surface area is 101 Å². The molecule has 2 unspecified atom stereocenters. The molecule has 2 fully saturated rings. The van der Waals surface area contributed by atoms with Crippen LogP contribution in [0.1, 0.15) is 38.5 Å². The van der Waals surface area contributed by atoms with Crippen molar-refractivity contribution < 1.29 is 8.78 Å². The van der Waals surface area contributed by atoms with Crippen LogP contribution in [0.3, 0.4) is 0 Å². The van der Waals surface area contributed by atoms with Crippen LogP contribution in [0.25, 0.3) is 0 Å². The lowest BCUT2D eigenvalue weighted by Gasteiger charge is -2.28. The van der Waals surface area contributed by atoms with E-state index in [1.165, 1.54) is 5.71 Å².